The summed E-state index contributed by atoms with van der Waals surface area (Å²) in [7, 11) is 0. The van der Waals surface area contributed by atoms with Crippen LogP contribution in [0.15, 0.2) is 35.3 Å². The van der Waals surface area contributed by atoms with Crippen LogP contribution in [0.4, 0.5) is 0 Å². The SMILES string of the molecule is N#C/N=C(\c1ccccc1)N1CCN(Cl)CC1. The van der Waals surface area contributed by atoms with Crippen molar-refractivity contribution in [2.24, 2.45) is 4.99 Å². The first-order valence-electron chi connectivity index (χ1n) is 5.49. The van der Waals surface area contributed by atoms with Gasteiger partial charge in [-0.2, -0.15) is 10.3 Å². The smallest absolute Gasteiger partial charge is 0.207 e. The van der Waals surface area contributed by atoms with Gasteiger partial charge in [-0.05, 0) is 11.8 Å². The van der Waals surface area contributed by atoms with Crippen molar-refractivity contribution in [3.8, 4) is 6.19 Å². The summed E-state index contributed by atoms with van der Waals surface area (Å²) < 4.78 is 1.76. The average molecular weight is 249 g/mol. The third-order valence-corrected chi connectivity index (χ3v) is 3.05. The number of nitrogens with zero attached hydrogens (tertiary/aromatic N) is 4. The Labute approximate surface area is 106 Å². The molecule has 1 aromatic rings. The van der Waals surface area contributed by atoms with E-state index in [2.05, 4.69) is 9.89 Å². The molecule has 4 nitrogen and oxygen atoms in total. The molecule has 1 aliphatic heterocycles. The first kappa shape index (κ1) is 11.9. The van der Waals surface area contributed by atoms with Crippen molar-refractivity contribution in [2.45, 2.75) is 0 Å². The summed E-state index contributed by atoms with van der Waals surface area (Å²) in [4.78, 5) is 6.02. The highest BCUT2D eigenvalue weighted by Crippen LogP contribution is 2.10. The minimum Gasteiger partial charge on any atom is -0.353 e. The predicted molar refractivity (Wildman–Crippen MR) is 67.6 cm³/mol. The molecule has 0 spiro atoms. The van der Waals surface area contributed by atoms with Gasteiger partial charge in [0, 0.05) is 31.7 Å². The third-order valence-electron chi connectivity index (χ3n) is 2.71. The number of aliphatic imine (C=N–C) groups is 1. The molecule has 17 heavy (non-hydrogen) atoms. The summed E-state index contributed by atoms with van der Waals surface area (Å²) >= 11 is 5.91. The molecule has 0 amide bonds. The number of nitriles is 1. The number of piperazine rings is 1. The van der Waals surface area contributed by atoms with Crippen molar-refractivity contribution in [2.75, 3.05) is 26.2 Å². The lowest BCUT2D eigenvalue weighted by molar-refractivity contribution is 0.275. The number of hydrogen-bond donors (Lipinski definition) is 0. The lowest BCUT2D eigenvalue weighted by atomic mass is 10.2. The van der Waals surface area contributed by atoms with Crippen LogP contribution >= 0.6 is 11.8 Å². The number of amidine groups is 1. The van der Waals surface area contributed by atoms with Crippen LogP contribution in [-0.2, 0) is 0 Å². The van der Waals surface area contributed by atoms with E-state index in [9.17, 15) is 0 Å². The molecule has 0 aromatic heterocycles. The fraction of sp³-hybridized carbons (Fsp3) is 0.333. The molecule has 0 unspecified atom stereocenters. The molecule has 0 aliphatic carbocycles. The van der Waals surface area contributed by atoms with E-state index in [0.717, 1.165) is 37.6 Å². The Morgan fingerprint density at radius 3 is 2.41 bits per heavy atom. The predicted octanol–water partition coefficient (Wildman–Crippen LogP) is 1.69. The molecule has 88 valence electrons. The molecule has 2 rings (SSSR count). The molecule has 1 fully saturated rings. The van der Waals surface area contributed by atoms with Crippen molar-refractivity contribution >= 4 is 17.6 Å². The van der Waals surface area contributed by atoms with Crippen molar-refractivity contribution < 1.29 is 0 Å². The Kier molecular flexibility index (Phi) is 3.97. The first-order chi connectivity index (χ1) is 8.31. The van der Waals surface area contributed by atoms with Crippen LogP contribution in [0.2, 0.25) is 0 Å². The number of rotatable bonds is 1. The summed E-state index contributed by atoms with van der Waals surface area (Å²) in [5, 5.41) is 8.78. The maximum Gasteiger partial charge on any atom is 0.207 e. The van der Waals surface area contributed by atoms with E-state index in [1.807, 2.05) is 36.5 Å². The third kappa shape index (κ3) is 2.96. The molecule has 0 N–H and O–H groups in total. The second kappa shape index (κ2) is 5.67. The largest absolute Gasteiger partial charge is 0.353 e. The molecular weight excluding hydrogens is 236 g/mol. The molecule has 0 radical (unpaired) electrons. The van der Waals surface area contributed by atoms with E-state index < -0.39 is 0 Å². The lowest BCUT2D eigenvalue weighted by Gasteiger charge is -2.32. The highest BCUT2D eigenvalue weighted by Gasteiger charge is 2.19. The van der Waals surface area contributed by atoms with Crippen LogP contribution in [0, 0.1) is 11.5 Å². The molecule has 0 bridgehead atoms. The average Bonchev–Trinajstić information content (AvgIpc) is 2.38. The van der Waals surface area contributed by atoms with Crippen LogP contribution in [-0.4, -0.2) is 41.3 Å². The fourth-order valence-electron chi connectivity index (χ4n) is 1.85. The minimum atomic E-state index is 0.734. The van der Waals surface area contributed by atoms with Gasteiger partial charge in [-0.15, -0.1) is 0 Å². The topological polar surface area (TPSA) is 42.6 Å². The van der Waals surface area contributed by atoms with Crippen LogP contribution in [0.25, 0.3) is 0 Å². The van der Waals surface area contributed by atoms with Gasteiger partial charge in [-0.25, -0.2) is 4.42 Å². The Morgan fingerprint density at radius 2 is 1.82 bits per heavy atom. The highest BCUT2D eigenvalue weighted by atomic mass is 35.5. The van der Waals surface area contributed by atoms with Crippen LogP contribution in [0.5, 0.6) is 0 Å². The van der Waals surface area contributed by atoms with Gasteiger partial charge in [0.2, 0.25) is 6.19 Å². The summed E-state index contributed by atoms with van der Waals surface area (Å²) in [6.45, 7) is 3.13. The molecule has 1 heterocycles. The number of halogens is 1. The minimum absolute atomic E-state index is 0.734. The lowest BCUT2D eigenvalue weighted by Crippen LogP contribution is -2.45. The number of hydrogen-bond acceptors (Lipinski definition) is 3. The zero-order valence-electron chi connectivity index (χ0n) is 9.38. The Balaban J connectivity index is 2.20. The monoisotopic (exact) mass is 248 g/mol. The maximum atomic E-state index is 8.78. The van der Waals surface area contributed by atoms with E-state index in [1.165, 1.54) is 0 Å². The zero-order valence-corrected chi connectivity index (χ0v) is 10.1. The van der Waals surface area contributed by atoms with Gasteiger partial charge in [0.25, 0.3) is 0 Å². The summed E-state index contributed by atoms with van der Waals surface area (Å²) in [6.07, 6.45) is 1.87. The van der Waals surface area contributed by atoms with E-state index in [4.69, 9.17) is 17.0 Å². The molecule has 1 aliphatic rings. The molecular formula is C12H13ClN4. The summed E-state index contributed by atoms with van der Waals surface area (Å²) in [5.74, 6) is 0.734. The molecule has 0 saturated carbocycles. The zero-order chi connectivity index (χ0) is 12.1. The van der Waals surface area contributed by atoms with Gasteiger partial charge in [0.05, 0.1) is 0 Å². The molecule has 1 saturated heterocycles. The van der Waals surface area contributed by atoms with E-state index in [-0.39, 0.29) is 0 Å². The van der Waals surface area contributed by atoms with Crippen LogP contribution in [0.3, 0.4) is 0 Å². The van der Waals surface area contributed by atoms with Crippen LogP contribution in [0.1, 0.15) is 5.56 Å². The standard InChI is InChI=1S/C12H13ClN4/c13-17-8-6-16(7-9-17)12(15-10-14)11-4-2-1-3-5-11/h1-5H,6-9H2/b15-12+. The van der Waals surface area contributed by atoms with Gasteiger partial charge in [-0.1, -0.05) is 30.3 Å². The van der Waals surface area contributed by atoms with Crippen molar-refractivity contribution in [3.05, 3.63) is 35.9 Å². The van der Waals surface area contributed by atoms with Gasteiger partial charge < -0.3 is 4.90 Å². The molecule has 0 atom stereocenters. The Morgan fingerprint density at radius 1 is 1.18 bits per heavy atom. The number of benzene rings is 1. The van der Waals surface area contributed by atoms with Crippen molar-refractivity contribution in [1.29, 1.82) is 5.26 Å². The summed E-state index contributed by atoms with van der Waals surface area (Å²) in [6, 6.07) is 9.76. The van der Waals surface area contributed by atoms with Gasteiger partial charge >= 0.3 is 0 Å². The van der Waals surface area contributed by atoms with Gasteiger partial charge in [-0.3, -0.25) is 0 Å². The quantitative estimate of drug-likeness (QED) is 0.329. The Hall–Kier alpha value is -1.57. The first-order valence-corrected chi connectivity index (χ1v) is 5.83. The van der Waals surface area contributed by atoms with Gasteiger partial charge in [0.1, 0.15) is 5.84 Å². The normalized spacial score (nSPS) is 17.9. The fourth-order valence-corrected chi connectivity index (χ4v) is 2.00. The van der Waals surface area contributed by atoms with Crippen molar-refractivity contribution in [1.82, 2.24) is 9.32 Å². The van der Waals surface area contributed by atoms with E-state index in [1.54, 1.807) is 4.42 Å². The molecule has 5 heteroatoms. The maximum absolute atomic E-state index is 8.78. The summed E-state index contributed by atoms with van der Waals surface area (Å²) in [5.41, 5.74) is 0.970. The molecule has 1 aromatic carbocycles. The Bertz CT molecular complexity index is 430. The second-order valence-corrected chi connectivity index (χ2v) is 4.28. The van der Waals surface area contributed by atoms with Crippen LogP contribution < -0.4 is 0 Å². The highest BCUT2D eigenvalue weighted by molar-refractivity contribution is 6.13. The van der Waals surface area contributed by atoms with E-state index in [0.29, 0.717) is 0 Å². The van der Waals surface area contributed by atoms with Crippen molar-refractivity contribution in [3.63, 3.8) is 0 Å². The van der Waals surface area contributed by atoms with Gasteiger partial charge in [0.15, 0.2) is 0 Å². The van der Waals surface area contributed by atoms with E-state index >= 15 is 0 Å². The second-order valence-electron chi connectivity index (χ2n) is 3.80.